The molecule has 2 fully saturated rings. The third-order valence-electron chi connectivity index (χ3n) is 3.24. The van der Waals surface area contributed by atoms with Crippen molar-refractivity contribution < 1.29 is 9.15 Å². The number of hydrogen-bond donors (Lipinski definition) is 1. The molecular formula is C12H17NO2. The fourth-order valence-electron chi connectivity index (χ4n) is 2.20. The Balaban J connectivity index is 1.70. The normalized spacial score (nSPS) is 31.8. The van der Waals surface area contributed by atoms with E-state index in [1.54, 1.807) is 0 Å². The molecule has 2 aliphatic rings. The second-order valence-corrected chi connectivity index (χ2v) is 4.61. The van der Waals surface area contributed by atoms with Crippen molar-refractivity contribution in [3.05, 3.63) is 23.7 Å². The molecule has 2 unspecified atom stereocenters. The second kappa shape index (κ2) is 3.65. The minimum Gasteiger partial charge on any atom is -0.464 e. The molecule has 1 aliphatic carbocycles. The van der Waals surface area contributed by atoms with Crippen molar-refractivity contribution in [2.75, 3.05) is 13.1 Å². The number of aryl methyl sites for hydroxylation is 1. The Morgan fingerprint density at radius 3 is 2.80 bits per heavy atom. The van der Waals surface area contributed by atoms with Gasteiger partial charge in [0.2, 0.25) is 0 Å². The van der Waals surface area contributed by atoms with E-state index in [1.807, 2.05) is 19.1 Å². The lowest BCUT2D eigenvalue weighted by Gasteiger charge is -2.29. The zero-order valence-electron chi connectivity index (χ0n) is 9.03. The van der Waals surface area contributed by atoms with Gasteiger partial charge in [-0.05, 0) is 37.8 Å². The molecule has 1 saturated heterocycles. The van der Waals surface area contributed by atoms with Crippen molar-refractivity contribution in [1.29, 1.82) is 0 Å². The third-order valence-corrected chi connectivity index (χ3v) is 3.24. The molecule has 1 aliphatic heterocycles. The van der Waals surface area contributed by atoms with Gasteiger partial charge in [0.1, 0.15) is 17.6 Å². The first-order valence-electron chi connectivity index (χ1n) is 5.75. The Bertz CT molecular complexity index is 343. The lowest BCUT2D eigenvalue weighted by Crippen LogP contribution is -2.41. The van der Waals surface area contributed by atoms with Gasteiger partial charge in [0.15, 0.2) is 0 Å². The van der Waals surface area contributed by atoms with Crippen LogP contribution in [0.4, 0.5) is 0 Å². The van der Waals surface area contributed by atoms with Crippen LogP contribution in [-0.4, -0.2) is 19.2 Å². The minimum absolute atomic E-state index is 0.109. The van der Waals surface area contributed by atoms with E-state index in [0.717, 1.165) is 30.5 Å². The largest absolute Gasteiger partial charge is 0.464 e. The first kappa shape index (κ1) is 9.43. The molecule has 0 radical (unpaired) electrons. The number of ether oxygens (including phenoxy) is 1. The zero-order chi connectivity index (χ0) is 10.3. The predicted molar refractivity (Wildman–Crippen MR) is 56.7 cm³/mol. The highest BCUT2D eigenvalue weighted by molar-refractivity contribution is 5.09. The molecule has 0 bridgehead atoms. The van der Waals surface area contributed by atoms with Crippen molar-refractivity contribution in [2.45, 2.75) is 32.0 Å². The first-order valence-corrected chi connectivity index (χ1v) is 5.75. The molecule has 1 saturated carbocycles. The van der Waals surface area contributed by atoms with E-state index in [2.05, 4.69) is 5.32 Å². The molecule has 2 atom stereocenters. The Morgan fingerprint density at radius 2 is 2.13 bits per heavy atom. The summed E-state index contributed by atoms with van der Waals surface area (Å²) >= 11 is 0. The summed E-state index contributed by atoms with van der Waals surface area (Å²) in [5, 5.41) is 3.43. The number of rotatable bonds is 2. The fourth-order valence-corrected chi connectivity index (χ4v) is 2.20. The van der Waals surface area contributed by atoms with Gasteiger partial charge in [0.25, 0.3) is 0 Å². The van der Waals surface area contributed by atoms with Crippen LogP contribution in [0, 0.1) is 12.8 Å². The summed E-state index contributed by atoms with van der Waals surface area (Å²) in [6.07, 6.45) is 3.17. The molecule has 2 heterocycles. The van der Waals surface area contributed by atoms with Crippen molar-refractivity contribution in [1.82, 2.24) is 5.32 Å². The molecular weight excluding hydrogens is 190 g/mol. The molecule has 0 amide bonds. The monoisotopic (exact) mass is 207 g/mol. The van der Waals surface area contributed by atoms with E-state index in [9.17, 15) is 0 Å². The van der Waals surface area contributed by atoms with Crippen molar-refractivity contribution >= 4 is 0 Å². The van der Waals surface area contributed by atoms with Gasteiger partial charge in [-0.25, -0.2) is 0 Å². The average molecular weight is 207 g/mol. The topological polar surface area (TPSA) is 34.4 Å². The average Bonchev–Trinajstić information content (AvgIpc) is 3.02. The SMILES string of the molecule is Cc1ccc(C2CNCC(C3CC3)O2)o1. The van der Waals surface area contributed by atoms with Gasteiger partial charge in [-0.2, -0.15) is 0 Å². The van der Waals surface area contributed by atoms with E-state index in [0.29, 0.717) is 6.10 Å². The van der Waals surface area contributed by atoms with Gasteiger partial charge < -0.3 is 14.5 Å². The number of morpholine rings is 1. The highest BCUT2D eigenvalue weighted by Crippen LogP contribution is 2.37. The van der Waals surface area contributed by atoms with Crippen LogP contribution in [0.3, 0.4) is 0 Å². The Labute approximate surface area is 89.8 Å². The molecule has 1 N–H and O–H groups in total. The second-order valence-electron chi connectivity index (χ2n) is 4.61. The number of hydrogen-bond acceptors (Lipinski definition) is 3. The molecule has 1 aromatic heterocycles. The van der Waals surface area contributed by atoms with E-state index in [4.69, 9.17) is 9.15 Å². The van der Waals surface area contributed by atoms with Gasteiger partial charge in [-0.3, -0.25) is 0 Å². The maximum atomic E-state index is 6.05. The van der Waals surface area contributed by atoms with E-state index in [1.165, 1.54) is 12.8 Å². The summed E-state index contributed by atoms with van der Waals surface area (Å²) in [6, 6.07) is 4.02. The maximum Gasteiger partial charge on any atom is 0.134 e. The van der Waals surface area contributed by atoms with Crippen LogP contribution in [0.5, 0.6) is 0 Å². The smallest absolute Gasteiger partial charge is 0.134 e. The van der Waals surface area contributed by atoms with Crippen LogP contribution in [0.25, 0.3) is 0 Å². The summed E-state index contributed by atoms with van der Waals surface area (Å²) in [4.78, 5) is 0. The number of nitrogens with one attached hydrogen (secondary N) is 1. The third kappa shape index (κ3) is 1.94. The van der Waals surface area contributed by atoms with Gasteiger partial charge in [0, 0.05) is 13.1 Å². The summed E-state index contributed by atoms with van der Waals surface area (Å²) in [5.74, 6) is 2.71. The van der Waals surface area contributed by atoms with Gasteiger partial charge in [-0.1, -0.05) is 0 Å². The summed E-state index contributed by atoms with van der Waals surface area (Å²) in [6.45, 7) is 3.84. The molecule has 3 nitrogen and oxygen atoms in total. The molecule has 0 spiro atoms. The van der Waals surface area contributed by atoms with E-state index >= 15 is 0 Å². The van der Waals surface area contributed by atoms with Gasteiger partial charge >= 0.3 is 0 Å². The van der Waals surface area contributed by atoms with E-state index in [-0.39, 0.29) is 6.10 Å². The summed E-state index contributed by atoms with van der Waals surface area (Å²) in [7, 11) is 0. The molecule has 3 heteroatoms. The van der Waals surface area contributed by atoms with Gasteiger partial charge in [0.05, 0.1) is 6.10 Å². The molecule has 82 valence electrons. The summed E-state index contributed by atoms with van der Waals surface area (Å²) in [5.41, 5.74) is 0. The fraction of sp³-hybridized carbons (Fsp3) is 0.667. The number of furan rings is 1. The lowest BCUT2D eigenvalue weighted by atomic mass is 10.1. The predicted octanol–water partition coefficient (Wildman–Crippen LogP) is 2.03. The van der Waals surface area contributed by atoms with Crippen molar-refractivity contribution in [3.63, 3.8) is 0 Å². The molecule has 3 rings (SSSR count). The highest BCUT2D eigenvalue weighted by Gasteiger charge is 2.36. The first-order chi connectivity index (χ1) is 7.33. The van der Waals surface area contributed by atoms with Crippen LogP contribution in [-0.2, 0) is 4.74 Å². The molecule has 1 aromatic rings. The van der Waals surface area contributed by atoms with Crippen molar-refractivity contribution in [3.8, 4) is 0 Å². The van der Waals surface area contributed by atoms with Crippen LogP contribution >= 0.6 is 0 Å². The van der Waals surface area contributed by atoms with Crippen LogP contribution in [0.2, 0.25) is 0 Å². The summed E-state index contributed by atoms with van der Waals surface area (Å²) < 4.78 is 11.7. The lowest BCUT2D eigenvalue weighted by molar-refractivity contribution is -0.0586. The Kier molecular flexibility index (Phi) is 2.29. The molecule has 0 aromatic carbocycles. The van der Waals surface area contributed by atoms with Gasteiger partial charge in [-0.15, -0.1) is 0 Å². The minimum atomic E-state index is 0.109. The van der Waals surface area contributed by atoms with Crippen molar-refractivity contribution in [2.24, 2.45) is 5.92 Å². The Hall–Kier alpha value is -0.800. The van der Waals surface area contributed by atoms with Crippen LogP contribution < -0.4 is 5.32 Å². The van der Waals surface area contributed by atoms with E-state index < -0.39 is 0 Å². The Morgan fingerprint density at radius 1 is 1.27 bits per heavy atom. The highest BCUT2D eigenvalue weighted by atomic mass is 16.5. The van der Waals surface area contributed by atoms with Crippen LogP contribution in [0.1, 0.15) is 30.5 Å². The quantitative estimate of drug-likeness (QED) is 0.805. The van der Waals surface area contributed by atoms with Crippen LogP contribution in [0.15, 0.2) is 16.5 Å². The standard InChI is InChI=1S/C12H17NO2/c1-8-2-5-10(14-8)12-7-13-6-11(15-12)9-3-4-9/h2,5,9,11-13H,3-4,6-7H2,1H3. The maximum absolute atomic E-state index is 6.05. The zero-order valence-corrected chi connectivity index (χ0v) is 9.03. The molecule has 15 heavy (non-hydrogen) atoms.